The molecular formula is C13H16N2O. The van der Waals surface area contributed by atoms with Gasteiger partial charge in [-0.2, -0.15) is 0 Å². The molecule has 0 atom stereocenters. The van der Waals surface area contributed by atoms with E-state index in [1.165, 1.54) is 23.8 Å². The predicted octanol–water partition coefficient (Wildman–Crippen LogP) is 2.18. The van der Waals surface area contributed by atoms with Gasteiger partial charge >= 0.3 is 0 Å². The summed E-state index contributed by atoms with van der Waals surface area (Å²) in [6.07, 6.45) is 5.61. The normalized spacial score (nSPS) is 15.8. The van der Waals surface area contributed by atoms with Crippen LogP contribution in [0.2, 0.25) is 0 Å². The molecule has 1 aliphatic rings. The van der Waals surface area contributed by atoms with Crippen molar-refractivity contribution < 1.29 is 5.11 Å². The SMILES string of the molecule is NCCc1cn(C2CC2)c2cc(O)ccc12. The maximum absolute atomic E-state index is 9.56. The third kappa shape index (κ3) is 1.48. The average Bonchev–Trinajstić information content (AvgIpc) is 3.04. The third-order valence-corrected chi connectivity index (χ3v) is 3.25. The minimum Gasteiger partial charge on any atom is -0.508 e. The van der Waals surface area contributed by atoms with Gasteiger partial charge in [0, 0.05) is 23.7 Å². The Morgan fingerprint density at radius 1 is 1.38 bits per heavy atom. The zero-order valence-corrected chi connectivity index (χ0v) is 9.19. The molecule has 1 aromatic heterocycles. The summed E-state index contributed by atoms with van der Waals surface area (Å²) in [6, 6.07) is 6.23. The maximum atomic E-state index is 9.56. The molecule has 1 saturated carbocycles. The van der Waals surface area contributed by atoms with Crippen LogP contribution in [-0.4, -0.2) is 16.2 Å². The number of hydrogen-bond acceptors (Lipinski definition) is 2. The summed E-state index contributed by atoms with van der Waals surface area (Å²) in [5, 5.41) is 10.8. The quantitative estimate of drug-likeness (QED) is 0.826. The highest BCUT2D eigenvalue weighted by atomic mass is 16.3. The smallest absolute Gasteiger partial charge is 0.117 e. The van der Waals surface area contributed by atoms with Crippen molar-refractivity contribution in [1.29, 1.82) is 0 Å². The van der Waals surface area contributed by atoms with Gasteiger partial charge in [-0.25, -0.2) is 0 Å². The van der Waals surface area contributed by atoms with E-state index >= 15 is 0 Å². The third-order valence-electron chi connectivity index (χ3n) is 3.25. The van der Waals surface area contributed by atoms with Gasteiger partial charge in [0.15, 0.2) is 0 Å². The first-order valence-electron chi connectivity index (χ1n) is 5.82. The molecule has 1 aliphatic carbocycles. The molecule has 1 aromatic carbocycles. The number of aromatic nitrogens is 1. The van der Waals surface area contributed by atoms with Gasteiger partial charge in [-0.3, -0.25) is 0 Å². The van der Waals surface area contributed by atoms with Crippen LogP contribution < -0.4 is 5.73 Å². The zero-order valence-electron chi connectivity index (χ0n) is 9.19. The lowest BCUT2D eigenvalue weighted by Crippen LogP contribution is -2.02. The lowest BCUT2D eigenvalue weighted by molar-refractivity contribution is 0.476. The minimum absolute atomic E-state index is 0.340. The fourth-order valence-corrected chi connectivity index (χ4v) is 2.32. The van der Waals surface area contributed by atoms with E-state index in [0.717, 1.165) is 11.9 Å². The predicted molar refractivity (Wildman–Crippen MR) is 64.6 cm³/mol. The average molecular weight is 216 g/mol. The Labute approximate surface area is 94.5 Å². The molecule has 0 unspecified atom stereocenters. The summed E-state index contributed by atoms with van der Waals surface area (Å²) in [6.45, 7) is 0.671. The number of fused-ring (bicyclic) bond motifs is 1. The number of aromatic hydroxyl groups is 1. The van der Waals surface area contributed by atoms with Crippen molar-refractivity contribution in [3.63, 3.8) is 0 Å². The van der Waals surface area contributed by atoms with Crippen LogP contribution in [0.25, 0.3) is 10.9 Å². The first-order valence-corrected chi connectivity index (χ1v) is 5.82. The Kier molecular flexibility index (Phi) is 2.14. The van der Waals surface area contributed by atoms with E-state index in [4.69, 9.17) is 5.73 Å². The van der Waals surface area contributed by atoms with Crippen LogP contribution in [0.3, 0.4) is 0 Å². The van der Waals surface area contributed by atoms with Gasteiger partial charge in [0.25, 0.3) is 0 Å². The van der Waals surface area contributed by atoms with Crippen molar-refractivity contribution >= 4 is 10.9 Å². The van der Waals surface area contributed by atoms with Gasteiger partial charge in [-0.15, -0.1) is 0 Å². The van der Waals surface area contributed by atoms with Crippen molar-refractivity contribution in [2.24, 2.45) is 5.73 Å². The zero-order chi connectivity index (χ0) is 11.1. The molecule has 1 fully saturated rings. The van der Waals surface area contributed by atoms with E-state index in [1.807, 2.05) is 12.1 Å². The van der Waals surface area contributed by atoms with E-state index in [-0.39, 0.29) is 0 Å². The number of phenols is 1. The van der Waals surface area contributed by atoms with Crippen LogP contribution in [-0.2, 0) is 6.42 Å². The second kappa shape index (κ2) is 3.52. The molecule has 0 aliphatic heterocycles. The number of nitrogens with two attached hydrogens (primary N) is 1. The number of nitrogens with zero attached hydrogens (tertiary/aromatic N) is 1. The monoisotopic (exact) mass is 216 g/mol. The van der Waals surface area contributed by atoms with Gasteiger partial charge in [0.2, 0.25) is 0 Å². The van der Waals surface area contributed by atoms with Crippen molar-refractivity contribution in [3.05, 3.63) is 30.0 Å². The number of hydrogen-bond donors (Lipinski definition) is 2. The van der Waals surface area contributed by atoms with Crippen LogP contribution in [0.5, 0.6) is 5.75 Å². The Morgan fingerprint density at radius 2 is 2.19 bits per heavy atom. The Bertz CT molecular complexity index is 526. The molecule has 16 heavy (non-hydrogen) atoms. The highest BCUT2D eigenvalue weighted by Gasteiger charge is 2.25. The highest BCUT2D eigenvalue weighted by Crippen LogP contribution is 2.39. The first kappa shape index (κ1) is 9.73. The molecule has 3 nitrogen and oxygen atoms in total. The number of benzene rings is 1. The summed E-state index contributed by atoms with van der Waals surface area (Å²) >= 11 is 0. The van der Waals surface area contributed by atoms with Crippen molar-refractivity contribution in [3.8, 4) is 5.75 Å². The largest absolute Gasteiger partial charge is 0.508 e. The Hall–Kier alpha value is -1.48. The summed E-state index contributed by atoms with van der Waals surface area (Å²) in [7, 11) is 0. The molecule has 3 rings (SSSR count). The van der Waals surface area contributed by atoms with Crippen molar-refractivity contribution in [2.75, 3.05) is 6.54 Å². The molecule has 0 spiro atoms. The summed E-state index contributed by atoms with van der Waals surface area (Å²) in [5.41, 5.74) is 8.06. The summed E-state index contributed by atoms with van der Waals surface area (Å²) in [4.78, 5) is 0. The molecule has 0 amide bonds. The molecule has 1 heterocycles. The van der Waals surface area contributed by atoms with E-state index in [9.17, 15) is 5.11 Å². The van der Waals surface area contributed by atoms with E-state index in [2.05, 4.69) is 10.8 Å². The van der Waals surface area contributed by atoms with Crippen LogP contribution in [0.1, 0.15) is 24.4 Å². The van der Waals surface area contributed by atoms with Crippen molar-refractivity contribution in [1.82, 2.24) is 4.57 Å². The van der Waals surface area contributed by atoms with Crippen LogP contribution in [0, 0.1) is 0 Å². The van der Waals surface area contributed by atoms with E-state index in [0.29, 0.717) is 18.3 Å². The van der Waals surface area contributed by atoms with Crippen molar-refractivity contribution in [2.45, 2.75) is 25.3 Å². The fraction of sp³-hybridized carbons (Fsp3) is 0.385. The van der Waals surface area contributed by atoms with Crippen LogP contribution in [0.4, 0.5) is 0 Å². The lowest BCUT2D eigenvalue weighted by Gasteiger charge is -2.01. The maximum Gasteiger partial charge on any atom is 0.117 e. The molecule has 0 saturated heterocycles. The topological polar surface area (TPSA) is 51.2 Å². The number of rotatable bonds is 3. The fourth-order valence-electron chi connectivity index (χ4n) is 2.32. The highest BCUT2D eigenvalue weighted by molar-refractivity contribution is 5.85. The van der Waals surface area contributed by atoms with Gasteiger partial charge in [-0.05, 0) is 43.5 Å². The molecular weight excluding hydrogens is 200 g/mol. The second-order valence-electron chi connectivity index (χ2n) is 4.53. The molecule has 0 radical (unpaired) electrons. The van der Waals surface area contributed by atoms with Gasteiger partial charge in [-0.1, -0.05) is 0 Å². The second-order valence-corrected chi connectivity index (χ2v) is 4.53. The van der Waals surface area contributed by atoms with Gasteiger partial charge < -0.3 is 15.4 Å². The standard InChI is InChI=1S/C13H16N2O/c14-6-5-9-8-15(10-1-2-10)13-7-11(16)3-4-12(9)13/h3-4,7-8,10,16H,1-2,5-6,14H2. The van der Waals surface area contributed by atoms with Crippen LogP contribution >= 0.6 is 0 Å². The Balaban J connectivity index is 2.20. The molecule has 2 aromatic rings. The van der Waals surface area contributed by atoms with E-state index < -0.39 is 0 Å². The van der Waals surface area contributed by atoms with Gasteiger partial charge in [0.05, 0.1) is 5.52 Å². The van der Waals surface area contributed by atoms with Gasteiger partial charge in [0.1, 0.15) is 5.75 Å². The molecule has 3 heteroatoms. The molecule has 3 N–H and O–H groups in total. The summed E-state index contributed by atoms with van der Waals surface area (Å²) in [5.74, 6) is 0.340. The Morgan fingerprint density at radius 3 is 2.88 bits per heavy atom. The summed E-state index contributed by atoms with van der Waals surface area (Å²) < 4.78 is 2.29. The first-order chi connectivity index (χ1) is 7.79. The number of phenolic OH excluding ortho intramolecular Hbond substituents is 1. The minimum atomic E-state index is 0.340. The molecule has 0 bridgehead atoms. The molecule has 84 valence electrons. The lowest BCUT2D eigenvalue weighted by atomic mass is 10.1. The van der Waals surface area contributed by atoms with E-state index in [1.54, 1.807) is 6.07 Å². The van der Waals surface area contributed by atoms with Crippen LogP contribution in [0.15, 0.2) is 24.4 Å².